The minimum absolute atomic E-state index is 0. The highest BCUT2D eigenvalue weighted by molar-refractivity contribution is 7.90. The van der Waals surface area contributed by atoms with Gasteiger partial charge in [0.25, 0.3) is 10.0 Å². The van der Waals surface area contributed by atoms with Crippen LogP contribution in [0.1, 0.15) is 11.1 Å². The second-order valence-corrected chi connectivity index (χ2v) is 8.17. The van der Waals surface area contributed by atoms with E-state index in [-0.39, 0.29) is 28.6 Å². The van der Waals surface area contributed by atoms with E-state index in [4.69, 9.17) is 4.74 Å². The van der Waals surface area contributed by atoms with Crippen molar-refractivity contribution in [3.8, 4) is 17.0 Å². The van der Waals surface area contributed by atoms with E-state index in [1.807, 2.05) is 6.07 Å². The van der Waals surface area contributed by atoms with E-state index in [0.29, 0.717) is 25.3 Å². The van der Waals surface area contributed by atoms with Gasteiger partial charge in [-0.05, 0) is 42.4 Å². The number of halogens is 2. The van der Waals surface area contributed by atoms with E-state index in [0.717, 1.165) is 15.1 Å². The lowest BCUT2D eigenvalue weighted by Gasteiger charge is -2.13. The van der Waals surface area contributed by atoms with Gasteiger partial charge in [0.15, 0.2) is 0 Å². The van der Waals surface area contributed by atoms with Crippen LogP contribution >= 0.6 is 12.4 Å². The van der Waals surface area contributed by atoms with Crippen LogP contribution in [0.25, 0.3) is 11.3 Å². The molecule has 3 aromatic rings. The van der Waals surface area contributed by atoms with Crippen molar-refractivity contribution in [2.45, 2.75) is 17.9 Å². The maximum atomic E-state index is 14.4. The second kappa shape index (κ2) is 7.95. The number of hydrogen-bond donors (Lipinski definition) is 1. The lowest BCUT2D eigenvalue weighted by Crippen LogP contribution is -2.15. The molecule has 0 fully saturated rings. The zero-order chi connectivity index (χ0) is 19.0. The molecule has 0 unspecified atom stereocenters. The number of para-hydroxylation sites is 1. The van der Waals surface area contributed by atoms with Crippen molar-refractivity contribution in [2.75, 3.05) is 13.7 Å². The molecule has 0 bridgehead atoms. The molecule has 148 valence electrons. The largest absolute Gasteiger partial charge is 0.492 e. The Balaban J connectivity index is 0.00000225. The smallest absolute Gasteiger partial charge is 0.271 e. The maximum absolute atomic E-state index is 14.4. The molecule has 8 heteroatoms. The van der Waals surface area contributed by atoms with Crippen molar-refractivity contribution in [3.05, 3.63) is 71.7 Å². The van der Waals surface area contributed by atoms with Gasteiger partial charge in [-0.15, -0.1) is 12.4 Å². The summed E-state index contributed by atoms with van der Waals surface area (Å²) in [6.07, 6.45) is 2.21. The first-order valence-corrected chi connectivity index (χ1v) is 10.1. The lowest BCUT2D eigenvalue weighted by atomic mass is 10.1. The number of nitrogens with one attached hydrogen (secondary N) is 1. The monoisotopic (exact) mass is 422 g/mol. The first kappa shape index (κ1) is 20.4. The Morgan fingerprint density at radius 2 is 1.96 bits per heavy atom. The SMILES string of the molecule is CNCc1cc(-c2ccccc2F)n(S(=O)(=O)c2cccc3c2OCC3)c1.Cl. The molecule has 2 aromatic carbocycles. The molecular weight excluding hydrogens is 403 g/mol. The highest BCUT2D eigenvalue weighted by Crippen LogP contribution is 2.36. The third-order valence-corrected chi connectivity index (χ3v) is 6.29. The van der Waals surface area contributed by atoms with Gasteiger partial charge in [-0.3, -0.25) is 0 Å². The van der Waals surface area contributed by atoms with Crippen LogP contribution in [0.15, 0.2) is 59.6 Å². The van der Waals surface area contributed by atoms with Crippen molar-refractivity contribution >= 4 is 22.4 Å². The number of fused-ring (bicyclic) bond motifs is 1. The van der Waals surface area contributed by atoms with E-state index in [1.165, 1.54) is 18.3 Å². The Morgan fingerprint density at radius 1 is 1.18 bits per heavy atom. The fourth-order valence-electron chi connectivity index (χ4n) is 3.36. The molecule has 0 amide bonds. The van der Waals surface area contributed by atoms with Crippen LogP contribution in [0.3, 0.4) is 0 Å². The minimum atomic E-state index is -3.96. The van der Waals surface area contributed by atoms with E-state index >= 15 is 0 Å². The highest BCUT2D eigenvalue weighted by Gasteiger charge is 2.29. The first-order chi connectivity index (χ1) is 13.0. The molecule has 1 aliphatic rings. The standard InChI is InChI=1S/C20H19FN2O3S.ClH/c1-22-12-14-11-18(16-6-2-3-7-17(16)21)23(13-14)27(24,25)19-8-4-5-15-9-10-26-20(15)19;/h2-8,11,13,22H,9-10,12H2,1H3;1H. The maximum Gasteiger partial charge on any atom is 0.271 e. The molecule has 0 saturated heterocycles. The van der Waals surface area contributed by atoms with Gasteiger partial charge in [0, 0.05) is 24.7 Å². The third kappa shape index (κ3) is 3.41. The van der Waals surface area contributed by atoms with Crippen molar-refractivity contribution in [1.29, 1.82) is 0 Å². The average molecular weight is 423 g/mol. The zero-order valence-electron chi connectivity index (χ0n) is 15.2. The van der Waals surface area contributed by atoms with Crippen molar-refractivity contribution < 1.29 is 17.5 Å². The summed E-state index contributed by atoms with van der Waals surface area (Å²) in [5, 5.41) is 3.00. The van der Waals surface area contributed by atoms with Gasteiger partial charge in [0.2, 0.25) is 0 Å². The predicted octanol–water partition coefficient (Wildman–Crippen LogP) is 3.61. The van der Waals surface area contributed by atoms with Crippen LogP contribution in [-0.4, -0.2) is 26.0 Å². The number of benzene rings is 2. The van der Waals surface area contributed by atoms with Crippen molar-refractivity contribution in [1.82, 2.24) is 9.29 Å². The van der Waals surface area contributed by atoms with Crippen molar-refractivity contribution in [3.63, 3.8) is 0 Å². The fraction of sp³-hybridized carbons (Fsp3) is 0.200. The number of aromatic nitrogens is 1. The van der Waals surface area contributed by atoms with E-state index in [1.54, 1.807) is 37.4 Å². The summed E-state index contributed by atoms with van der Waals surface area (Å²) in [7, 11) is -2.19. The van der Waals surface area contributed by atoms with Gasteiger partial charge in [0.1, 0.15) is 16.5 Å². The van der Waals surface area contributed by atoms with Crippen LogP contribution in [-0.2, 0) is 23.0 Å². The van der Waals surface area contributed by atoms with Crippen molar-refractivity contribution in [2.24, 2.45) is 0 Å². The van der Waals surface area contributed by atoms with Crippen LogP contribution < -0.4 is 10.1 Å². The van der Waals surface area contributed by atoms with Crippen LogP contribution in [0.4, 0.5) is 4.39 Å². The molecule has 5 nitrogen and oxygen atoms in total. The third-order valence-electron chi connectivity index (χ3n) is 4.59. The summed E-state index contributed by atoms with van der Waals surface area (Å²) < 4.78 is 48.1. The van der Waals surface area contributed by atoms with E-state index in [2.05, 4.69) is 5.32 Å². The molecule has 28 heavy (non-hydrogen) atoms. The van der Waals surface area contributed by atoms with Gasteiger partial charge in [-0.2, -0.15) is 0 Å². The lowest BCUT2D eigenvalue weighted by molar-refractivity contribution is 0.348. The van der Waals surface area contributed by atoms with E-state index in [9.17, 15) is 12.8 Å². The quantitative estimate of drug-likeness (QED) is 0.682. The Morgan fingerprint density at radius 3 is 2.71 bits per heavy atom. The Kier molecular flexibility index (Phi) is 5.79. The predicted molar refractivity (Wildman–Crippen MR) is 108 cm³/mol. The second-order valence-electron chi connectivity index (χ2n) is 6.39. The summed E-state index contributed by atoms with van der Waals surface area (Å²) in [5.41, 5.74) is 2.13. The van der Waals surface area contributed by atoms with Gasteiger partial charge >= 0.3 is 0 Å². The molecule has 0 spiro atoms. The molecule has 4 rings (SSSR count). The molecule has 0 radical (unpaired) electrons. The molecule has 1 N–H and O–H groups in total. The van der Waals surface area contributed by atoms with Gasteiger partial charge in [0.05, 0.1) is 12.3 Å². The molecule has 1 aromatic heterocycles. The Hall–Kier alpha value is -2.35. The topological polar surface area (TPSA) is 60.3 Å². The zero-order valence-corrected chi connectivity index (χ0v) is 16.8. The fourth-order valence-corrected chi connectivity index (χ4v) is 4.93. The number of ether oxygens (including phenoxy) is 1. The Labute approximate surface area is 169 Å². The van der Waals surface area contributed by atoms with Crippen LogP contribution in [0.5, 0.6) is 5.75 Å². The normalized spacial score (nSPS) is 12.9. The van der Waals surface area contributed by atoms with Gasteiger partial charge in [-0.1, -0.05) is 24.3 Å². The minimum Gasteiger partial charge on any atom is -0.492 e. The molecular formula is C20H20ClFN2O3S. The summed E-state index contributed by atoms with van der Waals surface area (Å²) in [5.74, 6) is -0.0848. The first-order valence-electron chi connectivity index (χ1n) is 8.63. The van der Waals surface area contributed by atoms with E-state index < -0.39 is 15.8 Å². The molecule has 1 aliphatic heterocycles. The Bertz CT molecular complexity index is 1110. The molecule has 0 saturated carbocycles. The molecule has 2 heterocycles. The van der Waals surface area contributed by atoms with Gasteiger partial charge in [-0.25, -0.2) is 16.8 Å². The van der Waals surface area contributed by atoms with Gasteiger partial charge < -0.3 is 10.1 Å². The molecule has 0 aliphatic carbocycles. The molecule has 0 atom stereocenters. The van der Waals surface area contributed by atoms with Crippen LogP contribution in [0, 0.1) is 5.82 Å². The summed E-state index contributed by atoms with van der Waals surface area (Å²) in [6.45, 7) is 0.923. The highest BCUT2D eigenvalue weighted by atomic mass is 35.5. The van der Waals surface area contributed by atoms with Crippen LogP contribution in [0.2, 0.25) is 0 Å². The summed E-state index contributed by atoms with van der Waals surface area (Å²) >= 11 is 0. The number of rotatable bonds is 5. The summed E-state index contributed by atoms with van der Waals surface area (Å²) in [6, 6.07) is 12.9. The summed E-state index contributed by atoms with van der Waals surface area (Å²) in [4.78, 5) is 0.0988. The number of nitrogens with zero attached hydrogens (tertiary/aromatic N) is 1. The average Bonchev–Trinajstić information content (AvgIpc) is 3.29. The number of hydrogen-bond acceptors (Lipinski definition) is 4.